The second-order valence-electron chi connectivity index (χ2n) is 4.25. The van der Waals surface area contributed by atoms with Crippen LogP contribution in [-0.4, -0.2) is 11.8 Å². The second-order valence-corrected chi connectivity index (χ2v) is 4.25. The molecule has 2 N–H and O–H groups in total. The van der Waals surface area contributed by atoms with Gasteiger partial charge in [0.05, 0.1) is 0 Å². The molecular weight excluding hydrogens is 126 g/mol. The highest BCUT2D eigenvalue weighted by Crippen LogP contribution is 2.48. The van der Waals surface area contributed by atoms with Crippen molar-refractivity contribution < 1.29 is 4.79 Å². The van der Waals surface area contributed by atoms with Crippen molar-refractivity contribution in [1.82, 2.24) is 0 Å². The SMILES string of the molecule is CC1(C)C(=O)C(C)(C)C1N. The van der Waals surface area contributed by atoms with Crippen molar-refractivity contribution in [2.75, 3.05) is 0 Å². The second kappa shape index (κ2) is 1.62. The number of ketones is 1. The predicted octanol–water partition coefficient (Wildman–Crippen LogP) is 0.949. The van der Waals surface area contributed by atoms with Gasteiger partial charge < -0.3 is 5.73 Å². The van der Waals surface area contributed by atoms with Gasteiger partial charge in [-0.05, 0) is 0 Å². The standard InChI is InChI=1S/C8H15NO/c1-7(2)5(9)8(3,4)6(7)10/h5H,9H2,1-4H3. The first-order valence-corrected chi connectivity index (χ1v) is 3.61. The Kier molecular flexibility index (Phi) is 1.25. The normalized spacial score (nSPS) is 29.9. The Bertz CT molecular complexity index is 164. The molecule has 2 nitrogen and oxygen atoms in total. The molecule has 0 aromatic rings. The minimum atomic E-state index is -0.288. The van der Waals surface area contributed by atoms with Crippen LogP contribution in [0.2, 0.25) is 0 Å². The first kappa shape index (κ1) is 7.73. The molecule has 1 aliphatic carbocycles. The van der Waals surface area contributed by atoms with E-state index in [2.05, 4.69) is 0 Å². The van der Waals surface area contributed by atoms with Gasteiger partial charge in [-0.3, -0.25) is 4.79 Å². The van der Waals surface area contributed by atoms with E-state index in [-0.39, 0.29) is 22.7 Å². The van der Waals surface area contributed by atoms with Gasteiger partial charge >= 0.3 is 0 Å². The van der Waals surface area contributed by atoms with Gasteiger partial charge in [0.2, 0.25) is 0 Å². The van der Waals surface area contributed by atoms with Crippen LogP contribution in [0.1, 0.15) is 27.7 Å². The maximum absolute atomic E-state index is 11.3. The van der Waals surface area contributed by atoms with Crippen LogP contribution >= 0.6 is 0 Å². The summed E-state index contributed by atoms with van der Waals surface area (Å²) in [6, 6.07) is 0.0208. The molecule has 0 saturated heterocycles. The molecule has 2 heteroatoms. The quantitative estimate of drug-likeness (QED) is 0.545. The molecule has 0 amide bonds. The summed E-state index contributed by atoms with van der Waals surface area (Å²) in [6.45, 7) is 7.63. The molecule has 0 radical (unpaired) electrons. The summed E-state index contributed by atoms with van der Waals surface area (Å²) in [4.78, 5) is 11.3. The Balaban J connectivity index is 2.89. The van der Waals surface area contributed by atoms with Crippen LogP contribution in [-0.2, 0) is 4.79 Å². The lowest BCUT2D eigenvalue weighted by Gasteiger charge is -2.53. The van der Waals surface area contributed by atoms with E-state index in [1.165, 1.54) is 0 Å². The van der Waals surface area contributed by atoms with E-state index in [1.54, 1.807) is 0 Å². The van der Waals surface area contributed by atoms with Crippen molar-refractivity contribution in [3.63, 3.8) is 0 Å². The monoisotopic (exact) mass is 141 g/mol. The van der Waals surface area contributed by atoms with Crippen molar-refractivity contribution in [3.8, 4) is 0 Å². The molecule has 0 heterocycles. The maximum Gasteiger partial charge on any atom is 0.147 e. The summed E-state index contributed by atoms with van der Waals surface area (Å²) in [5, 5.41) is 0. The van der Waals surface area contributed by atoms with E-state index in [4.69, 9.17) is 5.73 Å². The third kappa shape index (κ3) is 0.601. The molecule has 1 fully saturated rings. The van der Waals surface area contributed by atoms with Gasteiger partial charge in [0.25, 0.3) is 0 Å². The van der Waals surface area contributed by atoms with Gasteiger partial charge in [-0.15, -0.1) is 0 Å². The fourth-order valence-corrected chi connectivity index (χ4v) is 1.94. The highest BCUT2D eigenvalue weighted by Gasteiger charge is 2.59. The fourth-order valence-electron chi connectivity index (χ4n) is 1.94. The Labute approximate surface area is 61.8 Å². The highest BCUT2D eigenvalue weighted by atomic mass is 16.1. The Morgan fingerprint density at radius 3 is 1.60 bits per heavy atom. The molecule has 58 valence electrons. The molecule has 0 bridgehead atoms. The van der Waals surface area contributed by atoms with E-state index >= 15 is 0 Å². The topological polar surface area (TPSA) is 43.1 Å². The Morgan fingerprint density at radius 2 is 1.50 bits per heavy atom. The summed E-state index contributed by atoms with van der Waals surface area (Å²) in [5.41, 5.74) is 5.23. The lowest BCUT2D eigenvalue weighted by atomic mass is 9.51. The zero-order chi connectivity index (χ0) is 8.15. The van der Waals surface area contributed by atoms with E-state index in [1.807, 2.05) is 27.7 Å². The number of hydrogen-bond acceptors (Lipinski definition) is 2. The first-order valence-electron chi connectivity index (χ1n) is 3.61. The zero-order valence-corrected chi connectivity index (χ0v) is 7.06. The van der Waals surface area contributed by atoms with E-state index in [9.17, 15) is 4.79 Å². The van der Waals surface area contributed by atoms with Crippen LogP contribution < -0.4 is 5.73 Å². The van der Waals surface area contributed by atoms with Crippen molar-refractivity contribution in [1.29, 1.82) is 0 Å². The van der Waals surface area contributed by atoms with Gasteiger partial charge in [0.15, 0.2) is 0 Å². The molecule has 10 heavy (non-hydrogen) atoms. The first-order chi connectivity index (χ1) is 4.31. The lowest BCUT2D eigenvalue weighted by molar-refractivity contribution is -0.155. The average Bonchev–Trinajstić information content (AvgIpc) is 1.84. The number of rotatable bonds is 0. The van der Waals surface area contributed by atoms with Crippen LogP contribution in [0.5, 0.6) is 0 Å². The van der Waals surface area contributed by atoms with Gasteiger partial charge in [-0.25, -0.2) is 0 Å². The molecule has 0 aromatic carbocycles. The van der Waals surface area contributed by atoms with E-state index in [0.29, 0.717) is 0 Å². The molecule has 0 unspecified atom stereocenters. The molecule has 0 atom stereocenters. The summed E-state index contributed by atoms with van der Waals surface area (Å²) in [5.74, 6) is 0.285. The summed E-state index contributed by atoms with van der Waals surface area (Å²) in [6.07, 6.45) is 0. The predicted molar refractivity (Wildman–Crippen MR) is 40.5 cm³/mol. The van der Waals surface area contributed by atoms with Crippen LogP contribution in [0.4, 0.5) is 0 Å². The van der Waals surface area contributed by atoms with Crippen molar-refractivity contribution >= 4 is 5.78 Å². The molecule has 0 spiro atoms. The third-order valence-electron chi connectivity index (χ3n) is 2.73. The van der Waals surface area contributed by atoms with Crippen LogP contribution in [0.25, 0.3) is 0 Å². The van der Waals surface area contributed by atoms with Gasteiger partial charge in [0, 0.05) is 16.9 Å². The largest absolute Gasteiger partial charge is 0.326 e. The minimum absolute atomic E-state index is 0.0208. The number of carbonyl (C=O) groups is 1. The molecule has 1 saturated carbocycles. The smallest absolute Gasteiger partial charge is 0.147 e. The molecule has 0 aliphatic heterocycles. The molecular formula is C8H15NO. The molecule has 1 rings (SSSR count). The van der Waals surface area contributed by atoms with Crippen LogP contribution in [0, 0.1) is 10.8 Å². The van der Waals surface area contributed by atoms with Gasteiger partial charge in [0.1, 0.15) is 5.78 Å². The van der Waals surface area contributed by atoms with Crippen LogP contribution in [0.3, 0.4) is 0 Å². The van der Waals surface area contributed by atoms with Crippen molar-refractivity contribution in [2.45, 2.75) is 33.7 Å². The number of carbonyl (C=O) groups excluding carboxylic acids is 1. The summed E-state index contributed by atoms with van der Waals surface area (Å²) < 4.78 is 0. The van der Waals surface area contributed by atoms with Gasteiger partial charge in [-0.1, -0.05) is 27.7 Å². The fraction of sp³-hybridized carbons (Fsp3) is 0.875. The highest BCUT2D eigenvalue weighted by molar-refractivity contribution is 5.97. The Morgan fingerprint density at radius 1 is 1.20 bits per heavy atom. The number of nitrogens with two attached hydrogens (primary N) is 1. The summed E-state index contributed by atoms with van der Waals surface area (Å²) in [7, 11) is 0. The molecule has 0 aromatic heterocycles. The van der Waals surface area contributed by atoms with Crippen molar-refractivity contribution in [3.05, 3.63) is 0 Å². The minimum Gasteiger partial charge on any atom is -0.326 e. The lowest BCUT2D eigenvalue weighted by Crippen LogP contribution is -2.68. The zero-order valence-electron chi connectivity index (χ0n) is 7.06. The number of Topliss-reactive ketones (excluding diaryl/α,β-unsaturated/α-hetero) is 1. The maximum atomic E-state index is 11.3. The van der Waals surface area contributed by atoms with E-state index in [0.717, 1.165) is 0 Å². The van der Waals surface area contributed by atoms with Crippen molar-refractivity contribution in [2.24, 2.45) is 16.6 Å². The summed E-state index contributed by atoms with van der Waals surface area (Å²) >= 11 is 0. The van der Waals surface area contributed by atoms with Gasteiger partial charge in [-0.2, -0.15) is 0 Å². The average molecular weight is 141 g/mol. The third-order valence-corrected chi connectivity index (χ3v) is 2.73. The van der Waals surface area contributed by atoms with E-state index < -0.39 is 0 Å². The molecule has 1 aliphatic rings. The number of hydrogen-bond donors (Lipinski definition) is 1. The van der Waals surface area contributed by atoms with Crippen LogP contribution in [0.15, 0.2) is 0 Å². The Hall–Kier alpha value is -0.370.